The molecule has 2 aliphatic rings. The summed E-state index contributed by atoms with van der Waals surface area (Å²) in [6, 6.07) is 16.0. The number of nitrogens with zero attached hydrogens (tertiary/aromatic N) is 1. The van der Waals surface area contributed by atoms with Crippen LogP contribution >= 0.6 is 11.8 Å². The van der Waals surface area contributed by atoms with E-state index in [2.05, 4.69) is 60.4 Å². The van der Waals surface area contributed by atoms with E-state index in [1.165, 1.54) is 39.1 Å². The molecule has 0 bridgehead atoms. The van der Waals surface area contributed by atoms with Crippen LogP contribution in [0.1, 0.15) is 35.1 Å². The first kappa shape index (κ1) is 18.8. The summed E-state index contributed by atoms with van der Waals surface area (Å²) in [5.74, 6) is 1.76. The van der Waals surface area contributed by atoms with Crippen LogP contribution in [0.2, 0.25) is 0 Å². The second kappa shape index (κ2) is 8.62. The number of hydrogen-bond acceptors (Lipinski definition) is 2. The van der Waals surface area contributed by atoms with Gasteiger partial charge >= 0.3 is 0 Å². The number of benzene rings is 2. The molecule has 1 fully saturated rings. The summed E-state index contributed by atoms with van der Waals surface area (Å²) in [6.45, 7) is 5.13. The Morgan fingerprint density at radius 3 is 2.81 bits per heavy atom. The molecule has 0 N–H and O–H groups in total. The lowest BCUT2D eigenvalue weighted by atomic mass is 9.93. The zero-order valence-corrected chi connectivity index (χ0v) is 16.9. The number of rotatable bonds is 6. The highest BCUT2D eigenvalue weighted by molar-refractivity contribution is 7.99. The maximum absolute atomic E-state index is 12.4. The highest BCUT2D eigenvalue weighted by Gasteiger charge is 2.22. The SMILES string of the molecule is Cc1ccc2c(c1)SCC=C2c1ccc(CC2CCN(CCCF)C2)cc1. The van der Waals surface area contributed by atoms with Crippen molar-refractivity contribution in [2.24, 2.45) is 5.92 Å². The van der Waals surface area contributed by atoms with E-state index in [0.717, 1.165) is 31.8 Å². The van der Waals surface area contributed by atoms with Crippen LogP contribution in [0.3, 0.4) is 0 Å². The Bertz CT molecular complexity index is 812. The first-order chi connectivity index (χ1) is 13.2. The highest BCUT2D eigenvalue weighted by atomic mass is 32.2. The fourth-order valence-corrected chi connectivity index (χ4v) is 5.32. The van der Waals surface area contributed by atoms with E-state index in [-0.39, 0.29) is 6.67 Å². The summed E-state index contributed by atoms with van der Waals surface area (Å²) in [4.78, 5) is 3.82. The third-order valence-corrected chi connectivity index (χ3v) is 6.70. The van der Waals surface area contributed by atoms with Crippen LogP contribution in [0.15, 0.2) is 53.4 Å². The van der Waals surface area contributed by atoms with E-state index in [4.69, 9.17) is 0 Å². The Morgan fingerprint density at radius 2 is 2.00 bits per heavy atom. The van der Waals surface area contributed by atoms with Crippen LogP contribution in [-0.2, 0) is 6.42 Å². The third kappa shape index (κ3) is 4.47. The maximum Gasteiger partial charge on any atom is 0.0906 e. The zero-order chi connectivity index (χ0) is 18.6. The molecule has 1 atom stereocenters. The van der Waals surface area contributed by atoms with Crippen LogP contribution in [-0.4, -0.2) is 37.0 Å². The van der Waals surface area contributed by atoms with Gasteiger partial charge in [0.2, 0.25) is 0 Å². The van der Waals surface area contributed by atoms with Gasteiger partial charge in [0.05, 0.1) is 6.67 Å². The first-order valence-corrected chi connectivity index (χ1v) is 11.0. The van der Waals surface area contributed by atoms with Gasteiger partial charge in [0.25, 0.3) is 0 Å². The average Bonchev–Trinajstić information content (AvgIpc) is 3.13. The van der Waals surface area contributed by atoms with Crippen molar-refractivity contribution in [2.75, 3.05) is 32.1 Å². The second-order valence-electron chi connectivity index (χ2n) is 7.83. The molecule has 27 heavy (non-hydrogen) atoms. The lowest BCUT2D eigenvalue weighted by Crippen LogP contribution is -2.22. The van der Waals surface area contributed by atoms with Gasteiger partial charge in [0.1, 0.15) is 0 Å². The number of alkyl halides is 1. The van der Waals surface area contributed by atoms with Crippen molar-refractivity contribution in [1.82, 2.24) is 4.90 Å². The molecule has 4 rings (SSSR count). The Labute approximate surface area is 166 Å². The first-order valence-electron chi connectivity index (χ1n) is 10.0. The van der Waals surface area contributed by atoms with Crippen LogP contribution in [0.5, 0.6) is 0 Å². The molecule has 1 saturated heterocycles. The molecular weight excluding hydrogens is 353 g/mol. The number of thioether (sulfide) groups is 1. The molecule has 1 nitrogen and oxygen atoms in total. The fourth-order valence-electron chi connectivity index (χ4n) is 4.29. The quantitative estimate of drug-likeness (QED) is 0.626. The van der Waals surface area contributed by atoms with Gasteiger partial charge in [-0.25, -0.2) is 0 Å². The summed E-state index contributed by atoms with van der Waals surface area (Å²) in [7, 11) is 0. The number of likely N-dealkylation sites (tertiary alicyclic amines) is 1. The van der Waals surface area contributed by atoms with Crippen molar-refractivity contribution >= 4 is 17.3 Å². The molecule has 142 valence electrons. The van der Waals surface area contributed by atoms with Crippen LogP contribution in [0.4, 0.5) is 4.39 Å². The zero-order valence-electron chi connectivity index (χ0n) is 16.1. The smallest absolute Gasteiger partial charge is 0.0906 e. The number of hydrogen-bond donors (Lipinski definition) is 0. The van der Waals surface area contributed by atoms with Crippen LogP contribution < -0.4 is 0 Å². The fraction of sp³-hybridized carbons (Fsp3) is 0.417. The summed E-state index contributed by atoms with van der Waals surface area (Å²) in [6.07, 6.45) is 5.41. The van der Waals surface area contributed by atoms with Gasteiger partial charge in [0, 0.05) is 23.7 Å². The van der Waals surface area contributed by atoms with Crippen molar-refractivity contribution in [2.45, 2.75) is 31.1 Å². The normalized spacial score (nSPS) is 19.8. The lowest BCUT2D eigenvalue weighted by Gasteiger charge is -2.19. The largest absolute Gasteiger partial charge is 0.303 e. The van der Waals surface area contributed by atoms with Gasteiger partial charge in [-0.15, -0.1) is 11.8 Å². The van der Waals surface area contributed by atoms with Gasteiger partial charge in [0.15, 0.2) is 0 Å². The Hall–Kier alpha value is -1.58. The summed E-state index contributed by atoms with van der Waals surface area (Å²) >= 11 is 1.93. The van der Waals surface area contributed by atoms with E-state index < -0.39 is 0 Å². The van der Waals surface area contributed by atoms with E-state index in [9.17, 15) is 4.39 Å². The topological polar surface area (TPSA) is 3.24 Å². The highest BCUT2D eigenvalue weighted by Crippen LogP contribution is 2.37. The monoisotopic (exact) mass is 381 g/mol. The predicted octanol–water partition coefficient (Wildman–Crippen LogP) is 5.76. The standard InChI is InChI=1S/C24H28FNS/c1-18-3-8-23-22(10-14-27-24(23)15-18)21-6-4-19(5-7-21)16-20-9-13-26(17-20)12-2-11-25/h3-8,10,15,20H,2,9,11-14,16-17H2,1H3. The molecule has 0 amide bonds. The van der Waals surface area contributed by atoms with Crippen LogP contribution in [0, 0.1) is 12.8 Å². The minimum absolute atomic E-state index is 0.195. The van der Waals surface area contributed by atoms with Gasteiger partial charge in [-0.2, -0.15) is 0 Å². The van der Waals surface area contributed by atoms with Gasteiger partial charge in [-0.05, 0) is 72.5 Å². The molecule has 0 spiro atoms. The maximum atomic E-state index is 12.4. The molecular formula is C24H28FNS. The van der Waals surface area contributed by atoms with E-state index in [0.29, 0.717) is 12.3 Å². The molecule has 0 aliphatic carbocycles. The number of halogens is 1. The lowest BCUT2D eigenvalue weighted by molar-refractivity contribution is 0.301. The minimum Gasteiger partial charge on any atom is -0.303 e. The predicted molar refractivity (Wildman–Crippen MR) is 114 cm³/mol. The second-order valence-corrected chi connectivity index (χ2v) is 8.89. The van der Waals surface area contributed by atoms with Gasteiger partial charge in [-0.3, -0.25) is 4.39 Å². The summed E-state index contributed by atoms with van der Waals surface area (Å²) in [5.41, 5.74) is 6.80. The van der Waals surface area contributed by atoms with Gasteiger partial charge < -0.3 is 4.90 Å². The molecule has 0 radical (unpaired) electrons. The van der Waals surface area contributed by atoms with Gasteiger partial charge in [-0.1, -0.05) is 42.5 Å². The molecule has 2 aromatic rings. The third-order valence-electron chi connectivity index (χ3n) is 5.72. The summed E-state index contributed by atoms with van der Waals surface area (Å²) in [5, 5.41) is 0. The van der Waals surface area contributed by atoms with Crippen molar-refractivity contribution in [3.05, 3.63) is 70.8 Å². The molecule has 2 aromatic carbocycles. The molecule has 0 aromatic heterocycles. The van der Waals surface area contributed by atoms with Crippen molar-refractivity contribution in [3.8, 4) is 0 Å². The molecule has 3 heteroatoms. The van der Waals surface area contributed by atoms with E-state index >= 15 is 0 Å². The molecule has 1 unspecified atom stereocenters. The Morgan fingerprint density at radius 1 is 1.15 bits per heavy atom. The van der Waals surface area contributed by atoms with Crippen molar-refractivity contribution in [1.29, 1.82) is 0 Å². The Balaban J connectivity index is 1.42. The summed E-state index contributed by atoms with van der Waals surface area (Å²) < 4.78 is 12.4. The minimum atomic E-state index is -0.195. The molecule has 2 heterocycles. The van der Waals surface area contributed by atoms with Crippen molar-refractivity contribution < 1.29 is 4.39 Å². The average molecular weight is 382 g/mol. The van der Waals surface area contributed by atoms with Crippen LogP contribution in [0.25, 0.3) is 5.57 Å². The van der Waals surface area contributed by atoms with Crippen molar-refractivity contribution in [3.63, 3.8) is 0 Å². The number of aryl methyl sites for hydroxylation is 1. The number of fused-ring (bicyclic) bond motifs is 1. The van der Waals surface area contributed by atoms with E-state index in [1.807, 2.05) is 11.8 Å². The van der Waals surface area contributed by atoms with E-state index in [1.54, 1.807) is 0 Å². The molecule has 2 aliphatic heterocycles. The Kier molecular flexibility index (Phi) is 5.99. The molecule has 0 saturated carbocycles.